The predicted octanol–water partition coefficient (Wildman–Crippen LogP) is 2.64. The van der Waals surface area contributed by atoms with E-state index >= 15 is 0 Å². The Bertz CT molecular complexity index is 670. The summed E-state index contributed by atoms with van der Waals surface area (Å²) in [6.07, 6.45) is 3.21. The van der Waals surface area contributed by atoms with Crippen molar-refractivity contribution in [3.05, 3.63) is 64.9 Å². The number of carbonyl (C=O) groups is 1. The summed E-state index contributed by atoms with van der Waals surface area (Å²) in [7, 11) is 0. The summed E-state index contributed by atoms with van der Waals surface area (Å²) < 4.78 is 0. The first-order chi connectivity index (χ1) is 9.75. The van der Waals surface area contributed by atoms with Crippen LogP contribution >= 0.6 is 11.6 Å². The van der Waals surface area contributed by atoms with Crippen LogP contribution in [0, 0.1) is 0 Å². The second-order valence-corrected chi connectivity index (χ2v) is 4.85. The van der Waals surface area contributed by atoms with Gasteiger partial charge in [-0.05, 0) is 24.3 Å². The van der Waals surface area contributed by atoms with Gasteiger partial charge < -0.3 is 0 Å². The molecule has 0 spiro atoms. The number of hydrogen-bond donors (Lipinski definition) is 0. The molecule has 0 aliphatic carbocycles. The molecule has 1 aliphatic rings. The van der Waals surface area contributed by atoms with Crippen molar-refractivity contribution in [3.63, 3.8) is 0 Å². The van der Waals surface area contributed by atoms with Crippen LogP contribution in [-0.4, -0.2) is 34.7 Å². The van der Waals surface area contributed by atoms with Crippen molar-refractivity contribution in [2.45, 2.75) is 0 Å². The number of nitrogens with zero attached hydrogens (tertiary/aromatic N) is 3. The average molecular weight is 286 g/mol. The Hall–Kier alpha value is -2.20. The van der Waals surface area contributed by atoms with Crippen LogP contribution in [0.3, 0.4) is 0 Å². The maximum Gasteiger partial charge on any atom is 0.261 e. The number of pyridine rings is 1. The lowest BCUT2D eigenvalue weighted by Crippen LogP contribution is -2.34. The Morgan fingerprint density at radius 1 is 1.25 bits per heavy atom. The number of aromatic nitrogens is 1. The first-order valence-electron chi connectivity index (χ1n) is 6.28. The topological polar surface area (TPSA) is 45.6 Å². The fourth-order valence-corrected chi connectivity index (χ4v) is 2.35. The maximum absolute atomic E-state index is 12.5. The van der Waals surface area contributed by atoms with E-state index in [4.69, 9.17) is 11.6 Å². The molecule has 0 saturated carbocycles. The first kappa shape index (κ1) is 12.8. The number of hydrogen-bond acceptors (Lipinski definition) is 3. The van der Waals surface area contributed by atoms with Crippen molar-refractivity contribution in [1.29, 1.82) is 0 Å². The van der Waals surface area contributed by atoms with Crippen LogP contribution in [0.4, 0.5) is 0 Å². The highest BCUT2D eigenvalue weighted by atomic mass is 35.5. The van der Waals surface area contributed by atoms with Crippen LogP contribution in [0.15, 0.2) is 53.8 Å². The predicted molar refractivity (Wildman–Crippen MR) is 78.1 cm³/mol. The zero-order valence-electron chi connectivity index (χ0n) is 10.7. The van der Waals surface area contributed by atoms with E-state index in [2.05, 4.69) is 9.98 Å². The van der Waals surface area contributed by atoms with Crippen LogP contribution in [0.5, 0.6) is 0 Å². The molecule has 2 heterocycles. The third-order valence-electron chi connectivity index (χ3n) is 3.08. The Balaban J connectivity index is 1.91. The van der Waals surface area contributed by atoms with Crippen LogP contribution in [0.25, 0.3) is 0 Å². The zero-order chi connectivity index (χ0) is 13.9. The molecule has 0 saturated heterocycles. The van der Waals surface area contributed by atoms with Gasteiger partial charge in [-0.1, -0.05) is 23.7 Å². The Morgan fingerprint density at radius 3 is 2.90 bits per heavy atom. The van der Waals surface area contributed by atoms with E-state index in [0.717, 1.165) is 5.56 Å². The van der Waals surface area contributed by atoms with E-state index in [0.29, 0.717) is 29.5 Å². The van der Waals surface area contributed by atoms with Crippen molar-refractivity contribution in [2.75, 3.05) is 13.1 Å². The van der Waals surface area contributed by atoms with E-state index in [1.54, 1.807) is 35.5 Å². The lowest BCUT2D eigenvalue weighted by Gasteiger charge is -2.18. The van der Waals surface area contributed by atoms with E-state index in [1.165, 1.54) is 0 Å². The standard InChI is InChI=1S/C15H12ClN3O/c16-13-5-1-3-11(9-13)14-18-7-8-19(14)15(20)12-4-2-6-17-10-12/h1-6,9-10H,7-8H2. The number of aliphatic imine (C=N–C) groups is 1. The molecule has 0 atom stereocenters. The van der Waals surface area contributed by atoms with Crippen LogP contribution in [0.2, 0.25) is 5.02 Å². The number of halogens is 1. The number of amidine groups is 1. The van der Waals surface area contributed by atoms with Crippen LogP contribution in [-0.2, 0) is 0 Å². The molecule has 2 aromatic rings. The summed E-state index contributed by atoms with van der Waals surface area (Å²) in [5.74, 6) is 0.579. The van der Waals surface area contributed by atoms with Gasteiger partial charge in [0.25, 0.3) is 5.91 Å². The fourth-order valence-electron chi connectivity index (χ4n) is 2.16. The maximum atomic E-state index is 12.5. The second kappa shape index (κ2) is 5.43. The molecule has 0 fully saturated rings. The van der Waals surface area contributed by atoms with E-state index < -0.39 is 0 Å². The van der Waals surface area contributed by atoms with E-state index in [9.17, 15) is 4.79 Å². The normalized spacial score (nSPS) is 14.2. The number of amides is 1. The quantitative estimate of drug-likeness (QED) is 0.851. The lowest BCUT2D eigenvalue weighted by molar-refractivity contribution is 0.0858. The van der Waals surface area contributed by atoms with Crippen LogP contribution in [0.1, 0.15) is 15.9 Å². The highest BCUT2D eigenvalue weighted by molar-refractivity contribution is 6.31. The minimum Gasteiger partial charge on any atom is -0.291 e. The summed E-state index contributed by atoms with van der Waals surface area (Å²) in [5, 5.41) is 0.630. The molecule has 0 N–H and O–H groups in total. The third kappa shape index (κ3) is 2.42. The lowest BCUT2D eigenvalue weighted by atomic mass is 10.1. The highest BCUT2D eigenvalue weighted by Gasteiger charge is 2.25. The van der Waals surface area contributed by atoms with Gasteiger partial charge in [-0.15, -0.1) is 0 Å². The van der Waals surface area contributed by atoms with Gasteiger partial charge in [0.15, 0.2) is 0 Å². The average Bonchev–Trinajstić information content (AvgIpc) is 2.97. The molecule has 0 unspecified atom stereocenters. The highest BCUT2D eigenvalue weighted by Crippen LogP contribution is 2.18. The molecule has 4 nitrogen and oxygen atoms in total. The van der Waals surface area contributed by atoms with Gasteiger partial charge in [0.05, 0.1) is 12.1 Å². The van der Waals surface area contributed by atoms with Gasteiger partial charge in [-0.2, -0.15) is 0 Å². The molecule has 1 amide bonds. The molecule has 3 rings (SSSR count). The van der Waals surface area contributed by atoms with Gasteiger partial charge in [0, 0.05) is 29.5 Å². The second-order valence-electron chi connectivity index (χ2n) is 4.41. The molecule has 100 valence electrons. The van der Waals surface area contributed by atoms with Crippen molar-refractivity contribution in [2.24, 2.45) is 4.99 Å². The van der Waals surface area contributed by atoms with Gasteiger partial charge in [-0.25, -0.2) is 0 Å². The molecule has 20 heavy (non-hydrogen) atoms. The SMILES string of the molecule is O=C(c1cccnc1)N1CCN=C1c1cccc(Cl)c1. The van der Waals surface area contributed by atoms with Crippen molar-refractivity contribution < 1.29 is 4.79 Å². The Morgan fingerprint density at radius 2 is 2.15 bits per heavy atom. The molecular formula is C15H12ClN3O. The molecular weight excluding hydrogens is 274 g/mol. The minimum atomic E-state index is -0.0886. The summed E-state index contributed by atoms with van der Waals surface area (Å²) in [6, 6.07) is 10.9. The number of carbonyl (C=O) groups excluding carboxylic acids is 1. The van der Waals surface area contributed by atoms with E-state index in [1.807, 2.05) is 18.2 Å². The molecule has 5 heteroatoms. The third-order valence-corrected chi connectivity index (χ3v) is 3.31. The minimum absolute atomic E-state index is 0.0886. The molecule has 0 bridgehead atoms. The molecule has 1 aromatic carbocycles. The van der Waals surface area contributed by atoms with Gasteiger partial charge in [0.2, 0.25) is 0 Å². The van der Waals surface area contributed by atoms with E-state index in [-0.39, 0.29) is 5.91 Å². The largest absolute Gasteiger partial charge is 0.291 e. The van der Waals surface area contributed by atoms with Crippen molar-refractivity contribution >= 4 is 23.3 Å². The fraction of sp³-hybridized carbons (Fsp3) is 0.133. The summed E-state index contributed by atoms with van der Waals surface area (Å²) in [4.78, 5) is 22.6. The molecule has 1 aromatic heterocycles. The number of rotatable bonds is 2. The zero-order valence-corrected chi connectivity index (χ0v) is 11.4. The van der Waals surface area contributed by atoms with Crippen molar-refractivity contribution in [1.82, 2.24) is 9.88 Å². The smallest absolute Gasteiger partial charge is 0.261 e. The van der Waals surface area contributed by atoms with Crippen LogP contribution < -0.4 is 0 Å². The monoisotopic (exact) mass is 285 g/mol. The Kier molecular flexibility index (Phi) is 3.48. The summed E-state index contributed by atoms with van der Waals surface area (Å²) in [5.41, 5.74) is 1.41. The Labute approximate surface area is 121 Å². The number of benzene rings is 1. The van der Waals surface area contributed by atoms with Crippen molar-refractivity contribution in [3.8, 4) is 0 Å². The summed E-state index contributed by atoms with van der Waals surface area (Å²) in [6.45, 7) is 1.18. The summed E-state index contributed by atoms with van der Waals surface area (Å²) >= 11 is 6.00. The van der Waals surface area contributed by atoms with Gasteiger partial charge >= 0.3 is 0 Å². The van der Waals surface area contributed by atoms with Gasteiger partial charge in [-0.3, -0.25) is 19.7 Å². The molecule has 0 radical (unpaired) electrons. The first-order valence-corrected chi connectivity index (χ1v) is 6.66. The van der Waals surface area contributed by atoms with Gasteiger partial charge in [0.1, 0.15) is 5.84 Å². The molecule has 1 aliphatic heterocycles.